The first kappa shape index (κ1) is 17.0. The Bertz CT molecular complexity index is 1000. The highest BCUT2D eigenvalue weighted by atomic mass is 16.5. The van der Waals surface area contributed by atoms with Crippen molar-refractivity contribution in [3.8, 4) is 17.0 Å². The average Bonchev–Trinajstić information content (AvgIpc) is 2.71. The summed E-state index contributed by atoms with van der Waals surface area (Å²) in [7, 11) is 1.75. The second kappa shape index (κ2) is 7.07. The van der Waals surface area contributed by atoms with E-state index < -0.39 is 0 Å². The van der Waals surface area contributed by atoms with Crippen molar-refractivity contribution >= 4 is 23.2 Å². The third kappa shape index (κ3) is 3.46. The summed E-state index contributed by atoms with van der Waals surface area (Å²) in [6, 6.07) is 15.8. The van der Waals surface area contributed by atoms with E-state index in [2.05, 4.69) is 34.3 Å². The van der Waals surface area contributed by atoms with Crippen LogP contribution in [0.4, 0.5) is 17.3 Å². The van der Waals surface area contributed by atoms with E-state index in [4.69, 9.17) is 4.74 Å². The minimum atomic E-state index is -0.0690. The molecule has 6 heteroatoms. The number of amides is 1. The van der Waals surface area contributed by atoms with E-state index in [0.29, 0.717) is 11.7 Å². The molecule has 1 aliphatic rings. The molecule has 0 saturated carbocycles. The quantitative estimate of drug-likeness (QED) is 0.766. The first-order valence-corrected chi connectivity index (χ1v) is 8.87. The fourth-order valence-electron chi connectivity index (χ4n) is 3.01. The molecular formula is C21H20N4O2. The number of nitrogens with one attached hydrogen (secondary N) is 1. The lowest BCUT2D eigenvalue weighted by Crippen LogP contribution is -2.35. The first-order chi connectivity index (χ1) is 13.1. The van der Waals surface area contributed by atoms with Gasteiger partial charge >= 0.3 is 0 Å². The second-order valence-corrected chi connectivity index (χ2v) is 6.37. The summed E-state index contributed by atoms with van der Waals surface area (Å²) in [6.45, 7) is 2.19. The summed E-state index contributed by atoms with van der Waals surface area (Å²) < 4.78 is 5.49. The highest BCUT2D eigenvalue weighted by Gasteiger charge is 2.22. The van der Waals surface area contributed by atoms with Gasteiger partial charge in [0, 0.05) is 24.5 Å². The fourth-order valence-corrected chi connectivity index (χ4v) is 3.01. The second-order valence-electron chi connectivity index (χ2n) is 6.37. The molecule has 1 N–H and O–H groups in total. The number of rotatable bonds is 4. The number of hydrogen-bond acceptors (Lipinski definition) is 5. The summed E-state index contributed by atoms with van der Waals surface area (Å²) >= 11 is 0. The molecule has 0 spiro atoms. The Morgan fingerprint density at radius 2 is 2.07 bits per heavy atom. The topological polar surface area (TPSA) is 67.4 Å². The van der Waals surface area contributed by atoms with Crippen molar-refractivity contribution in [2.45, 2.75) is 13.3 Å². The maximum Gasteiger partial charge on any atom is 0.264 e. The van der Waals surface area contributed by atoms with Crippen molar-refractivity contribution in [3.63, 3.8) is 0 Å². The molecule has 6 nitrogen and oxygen atoms in total. The molecule has 27 heavy (non-hydrogen) atoms. The van der Waals surface area contributed by atoms with Gasteiger partial charge in [-0.05, 0) is 48.4 Å². The molecule has 0 radical (unpaired) electrons. The maximum absolute atomic E-state index is 11.9. The average molecular weight is 360 g/mol. The molecule has 4 rings (SSSR count). The van der Waals surface area contributed by atoms with Crippen LogP contribution in [0.1, 0.15) is 12.5 Å². The van der Waals surface area contributed by atoms with Crippen LogP contribution in [-0.2, 0) is 11.2 Å². The van der Waals surface area contributed by atoms with Crippen molar-refractivity contribution < 1.29 is 9.53 Å². The van der Waals surface area contributed by atoms with Gasteiger partial charge in [-0.25, -0.2) is 9.97 Å². The molecule has 136 valence electrons. The lowest BCUT2D eigenvalue weighted by atomic mass is 10.1. The molecule has 1 amide bonds. The van der Waals surface area contributed by atoms with Crippen molar-refractivity contribution in [1.82, 2.24) is 9.97 Å². The Morgan fingerprint density at radius 3 is 2.93 bits per heavy atom. The number of aromatic nitrogens is 2. The molecule has 0 aliphatic carbocycles. The number of hydrogen-bond donors (Lipinski definition) is 1. The minimum Gasteiger partial charge on any atom is -0.482 e. The normalized spacial score (nSPS) is 13.1. The standard InChI is InChI=1S/C21H20N4O2/c1-3-14-5-4-6-16(11-14)23-21-22-10-9-17(24-21)15-7-8-19-18(12-15)25(2)20(26)13-27-19/h4-12H,3,13H2,1-2H3,(H,22,23,24). The van der Waals surface area contributed by atoms with E-state index in [-0.39, 0.29) is 12.5 Å². The number of likely N-dealkylation sites (N-methyl/N-ethyl adjacent to an activating group) is 1. The van der Waals surface area contributed by atoms with Crippen LogP contribution in [0.2, 0.25) is 0 Å². The number of aryl methyl sites for hydroxylation is 1. The predicted molar refractivity (Wildman–Crippen MR) is 105 cm³/mol. The van der Waals surface area contributed by atoms with Gasteiger partial charge in [0.15, 0.2) is 6.61 Å². The Labute approximate surface area is 157 Å². The summed E-state index contributed by atoms with van der Waals surface area (Å²) in [5.41, 5.74) is 4.61. The van der Waals surface area contributed by atoms with Gasteiger partial charge in [0.2, 0.25) is 5.95 Å². The van der Waals surface area contributed by atoms with Crippen LogP contribution in [-0.4, -0.2) is 29.5 Å². The van der Waals surface area contributed by atoms with Crippen LogP contribution in [0.3, 0.4) is 0 Å². The number of anilines is 3. The van der Waals surface area contributed by atoms with Crippen LogP contribution in [0.15, 0.2) is 54.7 Å². The van der Waals surface area contributed by atoms with Crippen LogP contribution < -0.4 is 15.0 Å². The highest BCUT2D eigenvalue weighted by Crippen LogP contribution is 2.35. The zero-order chi connectivity index (χ0) is 18.8. The van der Waals surface area contributed by atoms with Gasteiger partial charge in [0.05, 0.1) is 11.4 Å². The van der Waals surface area contributed by atoms with E-state index >= 15 is 0 Å². The monoisotopic (exact) mass is 360 g/mol. The summed E-state index contributed by atoms with van der Waals surface area (Å²) in [5, 5.41) is 3.26. The lowest BCUT2D eigenvalue weighted by Gasteiger charge is -2.26. The van der Waals surface area contributed by atoms with Gasteiger partial charge in [-0.2, -0.15) is 0 Å². The van der Waals surface area contributed by atoms with Gasteiger partial charge in [-0.15, -0.1) is 0 Å². The summed E-state index contributed by atoms with van der Waals surface area (Å²) in [4.78, 5) is 22.4. The first-order valence-electron chi connectivity index (χ1n) is 8.87. The Hall–Kier alpha value is -3.41. The lowest BCUT2D eigenvalue weighted by molar-refractivity contribution is -0.120. The number of benzene rings is 2. The molecular weight excluding hydrogens is 340 g/mol. The van der Waals surface area contributed by atoms with E-state index in [9.17, 15) is 4.79 Å². The predicted octanol–water partition coefficient (Wildman–Crippen LogP) is 3.80. The number of nitrogens with zero attached hydrogens (tertiary/aromatic N) is 3. The molecule has 0 atom stereocenters. The van der Waals surface area contributed by atoms with E-state index in [0.717, 1.165) is 29.1 Å². The van der Waals surface area contributed by atoms with Crippen LogP contribution in [0, 0.1) is 0 Å². The number of carbonyl (C=O) groups excluding carboxylic acids is 1. The van der Waals surface area contributed by atoms with Crippen LogP contribution in [0.25, 0.3) is 11.3 Å². The van der Waals surface area contributed by atoms with Gasteiger partial charge < -0.3 is 15.0 Å². The summed E-state index contributed by atoms with van der Waals surface area (Å²) in [5.74, 6) is 1.16. The number of carbonyl (C=O) groups is 1. The Morgan fingerprint density at radius 1 is 1.19 bits per heavy atom. The number of fused-ring (bicyclic) bond motifs is 1. The molecule has 0 unspecified atom stereocenters. The molecule has 1 aliphatic heterocycles. The van der Waals surface area contributed by atoms with E-state index in [1.165, 1.54) is 5.56 Å². The molecule has 0 fully saturated rings. The SMILES string of the molecule is CCc1cccc(Nc2nccc(-c3ccc4c(c3)N(C)C(=O)CO4)n2)c1. The van der Waals surface area contributed by atoms with Crippen LogP contribution >= 0.6 is 0 Å². The summed E-state index contributed by atoms with van der Waals surface area (Å²) in [6.07, 6.45) is 2.69. The van der Waals surface area contributed by atoms with Gasteiger partial charge in [0.25, 0.3) is 5.91 Å². The minimum absolute atomic E-state index is 0.0690. The molecule has 0 bridgehead atoms. The van der Waals surface area contributed by atoms with E-state index in [1.807, 2.05) is 36.4 Å². The zero-order valence-corrected chi connectivity index (χ0v) is 15.3. The Kier molecular flexibility index (Phi) is 4.46. The van der Waals surface area contributed by atoms with Crippen LogP contribution in [0.5, 0.6) is 5.75 Å². The number of ether oxygens (including phenoxy) is 1. The van der Waals surface area contributed by atoms with Crippen molar-refractivity contribution in [1.29, 1.82) is 0 Å². The third-order valence-corrected chi connectivity index (χ3v) is 4.59. The smallest absolute Gasteiger partial charge is 0.264 e. The molecule has 3 aromatic rings. The maximum atomic E-state index is 11.9. The largest absolute Gasteiger partial charge is 0.482 e. The Balaban J connectivity index is 1.64. The van der Waals surface area contributed by atoms with Gasteiger partial charge in [0.1, 0.15) is 5.75 Å². The zero-order valence-electron chi connectivity index (χ0n) is 15.3. The highest BCUT2D eigenvalue weighted by molar-refractivity contribution is 5.98. The molecule has 2 heterocycles. The van der Waals surface area contributed by atoms with Crippen molar-refractivity contribution in [2.24, 2.45) is 0 Å². The van der Waals surface area contributed by atoms with E-state index in [1.54, 1.807) is 18.1 Å². The molecule has 0 saturated heterocycles. The fraction of sp³-hybridized carbons (Fsp3) is 0.190. The third-order valence-electron chi connectivity index (χ3n) is 4.59. The van der Waals surface area contributed by atoms with Gasteiger partial charge in [-0.3, -0.25) is 4.79 Å². The van der Waals surface area contributed by atoms with Crippen molar-refractivity contribution in [2.75, 3.05) is 23.9 Å². The van der Waals surface area contributed by atoms with Gasteiger partial charge in [-0.1, -0.05) is 19.1 Å². The van der Waals surface area contributed by atoms with Crippen molar-refractivity contribution in [3.05, 3.63) is 60.3 Å². The molecule has 1 aromatic heterocycles. The molecule has 2 aromatic carbocycles.